The van der Waals surface area contributed by atoms with Crippen molar-refractivity contribution in [1.82, 2.24) is 5.32 Å². The molecular weight excluding hydrogens is 216 g/mol. The molecule has 3 N–H and O–H groups in total. The number of carbonyl (C=O) groups is 1. The maximum Gasteiger partial charge on any atom is 0.220 e. The zero-order chi connectivity index (χ0) is 12.3. The van der Waals surface area contributed by atoms with Crippen molar-refractivity contribution < 1.29 is 9.90 Å². The number of fused-ring (bicyclic) bond motifs is 1. The SMILES string of the molecule is CC(CO)NC(=O)CC1CNc2ccccc21. The van der Waals surface area contributed by atoms with Crippen LogP contribution in [-0.2, 0) is 4.79 Å². The summed E-state index contributed by atoms with van der Waals surface area (Å²) in [5.74, 6) is 0.229. The molecule has 0 aliphatic carbocycles. The van der Waals surface area contributed by atoms with Crippen LogP contribution < -0.4 is 10.6 Å². The fraction of sp³-hybridized carbons (Fsp3) is 0.462. The number of hydrogen-bond donors (Lipinski definition) is 3. The Balaban J connectivity index is 1.95. The van der Waals surface area contributed by atoms with Crippen LogP contribution in [0, 0.1) is 0 Å². The van der Waals surface area contributed by atoms with Gasteiger partial charge in [0.2, 0.25) is 5.91 Å². The van der Waals surface area contributed by atoms with Crippen molar-refractivity contribution >= 4 is 11.6 Å². The lowest BCUT2D eigenvalue weighted by atomic mass is 9.97. The van der Waals surface area contributed by atoms with E-state index in [1.54, 1.807) is 6.92 Å². The number of aliphatic hydroxyl groups excluding tert-OH is 1. The summed E-state index contributed by atoms with van der Waals surface area (Å²) >= 11 is 0. The Labute approximate surface area is 101 Å². The molecule has 4 heteroatoms. The second-order valence-electron chi connectivity index (χ2n) is 4.52. The first-order valence-corrected chi connectivity index (χ1v) is 5.93. The van der Waals surface area contributed by atoms with E-state index in [1.807, 2.05) is 18.2 Å². The minimum absolute atomic E-state index is 0.00458. The minimum atomic E-state index is -0.174. The molecule has 1 aliphatic rings. The van der Waals surface area contributed by atoms with Crippen LogP contribution in [0.4, 0.5) is 5.69 Å². The molecule has 1 aliphatic heterocycles. The topological polar surface area (TPSA) is 61.4 Å². The molecule has 0 fully saturated rings. The summed E-state index contributed by atoms with van der Waals surface area (Å²) < 4.78 is 0. The fourth-order valence-electron chi connectivity index (χ4n) is 2.14. The molecule has 2 atom stereocenters. The molecular formula is C13H18N2O2. The third-order valence-electron chi connectivity index (χ3n) is 3.05. The van der Waals surface area contributed by atoms with Crippen molar-refractivity contribution in [3.8, 4) is 0 Å². The van der Waals surface area contributed by atoms with Crippen molar-refractivity contribution in [2.45, 2.75) is 25.3 Å². The van der Waals surface area contributed by atoms with Gasteiger partial charge in [0.15, 0.2) is 0 Å². The third-order valence-corrected chi connectivity index (χ3v) is 3.05. The summed E-state index contributed by atoms with van der Waals surface area (Å²) in [5.41, 5.74) is 2.33. The van der Waals surface area contributed by atoms with Crippen LogP contribution in [0.25, 0.3) is 0 Å². The van der Waals surface area contributed by atoms with Gasteiger partial charge in [0, 0.05) is 30.6 Å². The van der Waals surface area contributed by atoms with Gasteiger partial charge >= 0.3 is 0 Å². The van der Waals surface area contributed by atoms with Crippen molar-refractivity contribution in [1.29, 1.82) is 0 Å². The highest BCUT2D eigenvalue weighted by Crippen LogP contribution is 2.32. The van der Waals surface area contributed by atoms with E-state index < -0.39 is 0 Å². The van der Waals surface area contributed by atoms with E-state index in [0.717, 1.165) is 12.2 Å². The molecule has 1 aromatic carbocycles. The minimum Gasteiger partial charge on any atom is -0.394 e. The van der Waals surface area contributed by atoms with Crippen LogP contribution in [0.5, 0.6) is 0 Å². The molecule has 1 heterocycles. The van der Waals surface area contributed by atoms with Crippen molar-refractivity contribution in [3.63, 3.8) is 0 Å². The quantitative estimate of drug-likeness (QED) is 0.730. The van der Waals surface area contributed by atoms with Crippen molar-refractivity contribution in [2.24, 2.45) is 0 Å². The van der Waals surface area contributed by atoms with Crippen LogP contribution in [0.1, 0.15) is 24.8 Å². The van der Waals surface area contributed by atoms with Gasteiger partial charge in [0.25, 0.3) is 0 Å². The first-order chi connectivity index (χ1) is 8.20. The van der Waals surface area contributed by atoms with Crippen LogP contribution in [0.15, 0.2) is 24.3 Å². The lowest BCUT2D eigenvalue weighted by Gasteiger charge is -2.13. The molecule has 1 amide bonds. The van der Waals surface area contributed by atoms with Crippen LogP contribution in [0.3, 0.4) is 0 Å². The smallest absolute Gasteiger partial charge is 0.220 e. The van der Waals surface area contributed by atoms with E-state index in [4.69, 9.17) is 5.11 Å². The Bertz CT molecular complexity index is 406. The lowest BCUT2D eigenvalue weighted by Crippen LogP contribution is -2.35. The Morgan fingerprint density at radius 3 is 3.12 bits per heavy atom. The summed E-state index contributed by atoms with van der Waals surface area (Å²) in [4.78, 5) is 11.7. The number of nitrogens with one attached hydrogen (secondary N) is 2. The number of carbonyl (C=O) groups excluding carboxylic acids is 1. The summed E-state index contributed by atoms with van der Waals surface area (Å²) in [6.07, 6.45) is 0.467. The van der Waals surface area contributed by atoms with E-state index in [9.17, 15) is 4.79 Å². The molecule has 17 heavy (non-hydrogen) atoms. The highest BCUT2D eigenvalue weighted by molar-refractivity contribution is 5.78. The van der Waals surface area contributed by atoms with Gasteiger partial charge in [-0.05, 0) is 18.6 Å². The van der Waals surface area contributed by atoms with E-state index in [1.165, 1.54) is 5.56 Å². The molecule has 2 unspecified atom stereocenters. The van der Waals surface area contributed by atoms with E-state index in [-0.39, 0.29) is 24.5 Å². The largest absolute Gasteiger partial charge is 0.394 e. The van der Waals surface area contributed by atoms with Gasteiger partial charge in [-0.2, -0.15) is 0 Å². The first kappa shape index (κ1) is 11.9. The Hall–Kier alpha value is -1.55. The zero-order valence-electron chi connectivity index (χ0n) is 9.94. The van der Waals surface area contributed by atoms with Gasteiger partial charge < -0.3 is 15.7 Å². The Kier molecular flexibility index (Phi) is 3.64. The summed E-state index contributed by atoms with van der Waals surface area (Å²) in [6.45, 7) is 2.57. The van der Waals surface area contributed by atoms with Crippen molar-refractivity contribution in [3.05, 3.63) is 29.8 Å². The van der Waals surface area contributed by atoms with Crippen LogP contribution in [-0.4, -0.2) is 30.2 Å². The van der Waals surface area contributed by atoms with Gasteiger partial charge in [-0.25, -0.2) is 0 Å². The van der Waals surface area contributed by atoms with Gasteiger partial charge in [-0.1, -0.05) is 18.2 Å². The second-order valence-corrected chi connectivity index (χ2v) is 4.52. The van der Waals surface area contributed by atoms with E-state index in [0.29, 0.717) is 6.42 Å². The normalized spacial score (nSPS) is 19.3. The number of hydrogen-bond acceptors (Lipinski definition) is 3. The van der Waals surface area contributed by atoms with Crippen LogP contribution >= 0.6 is 0 Å². The van der Waals surface area contributed by atoms with Crippen molar-refractivity contribution in [2.75, 3.05) is 18.5 Å². The molecule has 0 bridgehead atoms. The van der Waals surface area contributed by atoms with Gasteiger partial charge in [-0.15, -0.1) is 0 Å². The number of para-hydroxylation sites is 1. The maximum absolute atomic E-state index is 11.7. The molecule has 2 rings (SSSR count). The average Bonchev–Trinajstić information content (AvgIpc) is 2.72. The number of amides is 1. The first-order valence-electron chi connectivity index (χ1n) is 5.93. The number of anilines is 1. The lowest BCUT2D eigenvalue weighted by molar-refractivity contribution is -0.122. The molecule has 0 saturated carbocycles. The predicted octanol–water partition coefficient (Wildman–Crippen LogP) is 1.08. The van der Waals surface area contributed by atoms with E-state index in [2.05, 4.69) is 16.7 Å². The number of rotatable bonds is 4. The summed E-state index contributed by atoms with van der Waals surface area (Å²) in [7, 11) is 0. The molecule has 4 nitrogen and oxygen atoms in total. The number of aliphatic hydroxyl groups is 1. The Morgan fingerprint density at radius 1 is 1.59 bits per heavy atom. The van der Waals surface area contributed by atoms with Crippen LogP contribution in [0.2, 0.25) is 0 Å². The van der Waals surface area contributed by atoms with Gasteiger partial charge in [-0.3, -0.25) is 4.79 Å². The van der Waals surface area contributed by atoms with Gasteiger partial charge in [0.05, 0.1) is 6.61 Å². The number of benzene rings is 1. The highest BCUT2D eigenvalue weighted by atomic mass is 16.3. The molecule has 0 radical (unpaired) electrons. The third kappa shape index (κ3) is 2.77. The second kappa shape index (κ2) is 5.19. The monoisotopic (exact) mass is 234 g/mol. The molecule has 0 aromatic heterocycles. The molecule has 1 aromatic rings. The Morgan fingerprint density at radius 2 is 2.35 bits per heavy atom. The average molecular weight is 234 g/mol. The highest BCUT2D eigenvalue weighted by Gasteiger charge is 2.24. The van der Waals surface area contributed by atoms with E-state index >= 15 is 0 Å². The standard InChI is InChI=1S/C13H18N2O2/c1-9(8-16)15-13(17)6-10-7-14-12-5-3-2-4-11(10)12/h2-5,9-10,14,16H,6-8H2,1H3,(H,15,17). The molecule has 0 spiro atoms. The summed E-state index contributed by atoms with van der Waals surface area (Å²) in [6, 6.07) is 7.90. The predicted molar refractivity (Wildman–Crippen MR) is 67.0 cm³/mol. The maximum atomic E-state index is 11.7. The van der Waals surface area contributed by atoms with Gasteiger partial charge in [0.1, 0.15) is 0 Å². The molecule has 0 saturated heterocycles. The molecule has 92 valence electrons. The fourth-order valence-corrected chi connectivity index (χ4v) is 2.14. The zero-order valence-corrected chi connectivity index (χ0v) is 9.94. The summed E-state index contributed by atoms with van der Waals surface area (Å²) in [5, 5.41) is 14.9.